The zero-order valence-corrected chi connectivity index (χ0v) is 16.8. The van der Waals surface area contributed by atoms with Gasteiger partial charge in [-0.05, 0) is 42.5 Å². The molecule has 5 nitrogen and oxygen atoms in total. The molecule has 3 rings (SSSR count). The number of thioether (sulfide) groups is 1. The average molecular weight is 422 g/mol. The number of halogens is 2. The van der Waals surface area contributed by atoms with E-state index in [1.54, 1.807) is 6.07 Å². The summed E-state index contributed by atoms with van der Waals surface area (Å²) in [6.07, 6.45) is 0. The van der Waals surface area contributed by atoms with Crippen LogP contribution in [0.4, 0.5) is 10.1 Å². The van der Waals surface area contributed by atoms with Crippen LogP contribution in [0.25, 0.3) is 0 Å². The van der Waals surface area contributed by atoms with Crippen LogP contribution in [0.15, 0.2) is 53.4 Å². The van der Waals surface area contributed by atoms with E-state index in [-0.39, 0.29) is 24.2 Å². The summed E-state index contributed by atoms with van der Waals surface area (Å²) in [4.78, 5) is 29.3. The van der Waals surface area contributed by atoms with Gasteiger partial charge in [0.25, 0.3) is 0 Å². The molecular weight excluding hydrogens is 401 g/mol. The molecule has 0 saturated carbocycles. The molecule has 2 aromatic carbocycles. The molecule has 0 unspecified atom stereocenters. The van der Waals surface area contributed by atoms with Crippen molar-refractivity contribution < 1.29 is 14.0 Å². The highest BCUT2D eigenvalue weighted by Crippen LogP contribution is 2.22. The number of carbonyl (C=O) groups is 2. The summed E-state index contributed by atoms with van der Waals surface area (Å²) < 4.78 is 12.9. The molecule has 0 bridgehead atoms. The molecule has 1 saturated heterocycles. The van der Waals surface area contributed by atoms with Gasteiger partial charge in [0, 0.05) is 41.8 Å². The highest BCUT2D eigenvalue weighted by atomic mass is 35.5. The van der Waals surface area contributed by atoms with Crippen molar-refractivity contribution in [2.24, 2.45) is 0 Å². The van der Waals surface area contributed by atoms with Crippen molar-refractivity contribution in [3.63, 3.8) is 0 Å². The molecule has 8 heteroatoms. The molecule has 0 atom stereocenters. The Morgan fingerprint density at radius 2 is 1.79 bits per heavy atom. The Morgan fingerprint density at radius 3 is 2.46 bits per heavy atom. The van der Waals surface area contributed by atoms with Crippen LogP contribution in [0.3, 0.4) is 0 Å². The lowest BCUT2D eigenvalue weighted by molar-refractivity contribution is -0.130. The van der Waals surface area contributed by atoms with Crippen LogP contribution in [0.2, 0.25) is 5.02 Å². The first-order valence-electron chi connectivity index (χ1n) is 8.93. The monoisotopic (exact) mass is 421 g/mol. The van der Waals surface area contributed by atoms with Crippen molar-refractivity contribution in [2.45, 2.75) is 4.90 Å². The van der Waals surface area contributed by atoms with Crippen LogP contribution < -0.4 is 5.32 Å². The fraction of sp³-hybridized carbons (Fsp3) is 0.300. The van der Waals surface area contributed by atoms with E-state index in [2.05, 4.69) is 5.32 Å². The average Bonchev–Trinajstić information content (AvgIpc) is 2.68. The second-order valence-electron chi connectivity index (χ2n) is 6.46. The molecule has 2 aromatic rings. The molecule has 1 fully saturated rings. The number of amides is 2. The minimum atomic E-state index is -0.340. The van der Waals surface area contributed by atoms with E-state index < -0.39 is 0 Å². The van der Waals surface area contributed by atoms with Gasteiger partial charge in [-0.25, -0.2) is 4.39 Å². The number of piperazine rings is 1. The van der Waals surface area contributed by atoms with Gasteiger partial charge in [-0.2, -0.15) is 0 Å². The molecule has 2 amide bonds. The quantitative estimate of drug-likeness (QED) is 0.727. The topological polar surface area (TPSA) is 52.7 Å². The summed E-state index contributed by atoms with van der Waals surface area (Å²) in [5.74, 6) is -0.0404. The minimum Gasteiger partial charge on any atom is -0.339 e. The molecule has 1 N–H and O–H groups in total. The second kappa shape index (κ2) is 9.91. The van der Waals surface area contributed by atoms with Crippen LogP contribution in [0.1, 0.15) is 0 Å². The molecule has 28 heavy (non-hydrogen) atoms. The standard InChI is InChI=1S/C20H21ClFN3O2S/c21-15-2-1-3-18(12-15)28-14-20(27)25-10-8-24(9-11-25)13-19(26)23-17-6-4-16(22)5-7-17/h1-7,12H,8-11,13-14H2,(H,23,26). The summed E-state index contributed by atoms with van der Waals surface area (Å²) in [6, 6.07) is 13.1. The highest BCUT2D eigenvalue weighted by molar-refractivity contribution is 8.00. The van der Waals surface area contributed by atoms with Crippen molar-refractivity contribution >= 4 is 40.9 Å². The molecule has 0 radical (unpaired) electrons. The van der Waals surface area contributed by atoms with E-state index in [1.807, 2.05) is 28.0 Å². The number of rotatable bonds is 6. The van der Waals surface area contributed by atoms with Crippen LogP contribution in [-0.2, 0) is 9.59 Å². The predicted octanol–water partition coefficient (Wildman–Crippen LogP) is 3.35. The molecular formula is C20H21ClFN3O2S. The third-order valence-corrected chi connectivity index (χ3v) is 5.59. The number of nitrogens with zero attached hydrogens (tertiary/aromatic N) is 2. The van der Waals surface area contributed by atoms with Crippen molar-refractivity contribution in [1.29, 1.82) is 0 Å². The third-order valence-electron chi connectivity index (χ3n) is 4.38. The van der Waals surface area contributed by atoms with E-state index in [1.165, 1.54) is 36.0 Å². The molecule has 148 valence electrons. The maximum Gasteiger partial charge on any atom is 0.238 e. The maximum absolute atomic E-state index is 12.9. The molecule has 1 aliphatic heterocycles. The lowest BCUT2D eigenvalue weighted by atomic mass is 10.3. The largest absolute Gasteiger partial charge is 0.339 e. The van der Waals surface area contributed by atoms with Gasteiger partial charge in [-0.3, -0.25) is 14.5 Å². The smallest absolute Gasteiger partial charge is 0.238 e. The minimum absolute atomic E-state index is 0.0837. The van der Waals surface area contributed by atoms with Crippen LogP contribution in [-0.4, -0.2) is 60.1 Å². The van der Waals surface area contributed by atoms with E-state index in [9.17, 15) is 14.0 Å². The summed E-state index contributed by atoms with van der Waals surface area (Å²) >= 11 is 7.43. The predicted molar refractivity (Wildman–Crippen MR) is 110 cm³/mol. The van der Waals surface area contributed by atoms with Crippen LogP contribution in [0, 0.1) is 5.82 Å². The Bertz CT molecular complexity index is 826. The number of hydrogen-bond acceptors (Lipinski definition) is 4. The van der Waals surface area contributed by atoms with Gasteiger partial charge in [0.05, 0.1) is 12.3 Å². The summed E-state index contributed by atoms with van der Waals surface area (Å²) in [6.45, 7) is 2.73. The number of benzene rings is 2. The number of nitrogens with one attached hydrogen (secondary N) is 1. The highest BCUT2D eigenvalue weighted by Gasteiger charge is 2.22. The fourth-order valence-electron chi connectivity index (χ4n) is 2.89. The van der Waals surface area contributed by atoms with Crippen molar-refractivity contribution in [3.05, 3.63) is 59.4 Å². The normalized spacial score (nSPS) is 14.7. The first kappa shape index (κ1) is 20.6. The molecule has 0 aromatic heterocycles. The number of hydrogen-bond donors (Lipinski definition) is 1. The number of carbonyl (C=O) groups excluding carboxylic acids is 2. The van der Waals surface area contributed by atoms with E-state index in [0.29, 0.717) is 42.6 Å². The summed E-state index contributed by atoms with van der Waals surface area (Å²) in [5.41, 5.74) is 0.568. The van der Waals surface area contributed by atoms with Gasteiger partial charge in [0.1, 0.15) is 5.82 Å². The maximum atomic E-state index is 12.9. The molecule has 0 aliphatic carbocycles. The van der Waals surface area contributed by atoms with Crippen LogP contribution in [0.5, 0.6) is 0 Å². The SMILES string of the molecule is O=C(CN1CCN(C(=O)CSc2cccc(Cl)c2)CC1)Nc1ccc(F)cc1. The van der Waals surface area contributed by atoms with E-state index in [0.717, 1.165) is 4.90 Å². The van der Waals surface area contributed by atoms with Crippen molar-refractivity contribution in [2.75, 3.05) is 43.8 Å². The van der Waals surface area contributed by atoms with Crippen LogP contribution >= 0.6 is 23.4 Å². The van der Waals surface area contributed by atoms with Gasteiger partial charge >= 0.3 is 0 Å². The van der Waals surface area contributed by atoms with Crippen molar-refractivity contribution in [3.8, 4) is 0 Å². The number of anilines is 1. The fourth-order valence-corrected chi connectivity index (χ4v) is 4.00. The molecule has 1 heterocycles. The van der Waals surface area contributed by atoms with Gasteiger partial charge in [-0.15, -0.1) is 11.8 Å². The summed E-state index contributed by atoms with van der Waals surface area (Å²) in [5, 5.41) is 3.41. The van der Waals surface area contributed by atoms with E-state index >= 15 is 0 Å². The van der Waals surface area contributed by atoms with Crippen molar-refractivity contribution in [1.82, 2.24) is 9.80 Å². The zero-order chi connectivity index (χ0) is 19.9. The zero-order valence-electron chi connectivity index (χ0n) is 15.2. The van der Waals surface area contributed by atoms with Gasteiger partial charge in [-0.1, -0.05) is 17.7 Å². The summed E-state index contributed by atoms with van der Waals surface area (Å²) in [7, 11) is 0. The first-order chi connectivity index (χ1) is 13.5. The lowest BCUT2D eigenvalue weighted by Gasteiger charge is -2.34. The lowest BCUT2D eigenvalue weighted by Crippen LogP contribution is -2.50. The Kier molecular flexibility index (Phi) is 7.30. The van der Waals surface area contributed by atoms with E-state index in [4.69, 9.17) is 11.6 Å². The Morgan fingerprint density at radius 1 is 1.07 bits per heavy atom. The van der Waals surface area contributed by atoms with Gasteiger partial charge in [0.2, 0.25) is 11.8 Å². The van der Waals surface area contributed by atoms with Gasteiger partial charge in [0.15, 0.2) is 0 Å². The molecule has 1 aliphatic rings. The van der Waals surface area contributed by atoms with Gasteiger partial charge < -0.3 is 10.2 Å². The first-order valence-corrected chi connectivity index (χ1v) is 10.3. The molecule has 0 spiro atoms. The Labute approximate surface area is 172 Å². The third kappa shape index (κ3) is 6.22. The Hall–Kier alpha value is -2.09. The second-order valence-corrected chi connectivity index (χ2v) is 7.94. The Balaban J connectivity index is 1.39.